The molecule has 0 spiro atoms. The van der Waals surface area contributed by atoms with Gasteiger partial charge >= 0.3 is 0 Å². The average molecular weight is 251 g/mol. The summed E-state index contributed by atoms with van der Waals surface area (Å²) >= 11 is 3.18. The van der Waals surface area contributed by atoms with Gasteiger partial charge in [0, 0.05) is 17.7 Å². The molecule has 0 bridgehead atoms. The monoisotopic (exact) mass is 250 g/mol. The van der Waals surface area contributed by atoms with Gasteiger partial charge in [-0.25, -0.2) is 13.6 Å². The highest BCUT2D eigenvalue weighted by molar-refractivity contribution is 9.08. The number of pyridine rings is 1. The van der Waals surface area contributed by atoms with Crippen molar-refractivity contribution in [1.82, 2.24) is 4.98 Å². The van der Waals surface area contributed by atoms with Gasteiger partial charge in [-0.05, 0) is 11.6 Å². The molecule has 12 heavy (non-hydrogen) atoms. The lowest BCUT2D eigenvalue weighted by molar-refractivity contribution is 0.597. The SMILES string of the molecule is NS(=O)(=O)c1cncc(CBr)c1. The summed E-state index contributed by atoms with van der Waals surface area (Å²) < 4.78 is 21.6. The molecule has 0 radical (unpaired) electrons. The summed E-state index contributed by atoms with van der Waals surface area (Å²) in [5, 5.41) is 5.46. The number of rotatable bonds is 2. The van der Waals surface area contributed by atoms with E-state index in [2.05, 4.69) is 20.9 Å². The Hall–Kier alpha value is -0.460. The third kappa shape index (κ3) is 2.26. The van der Waals surface area contributed by atoms with Crippen molar-refractivity contribution in [1.29, 1.82) is 0 Å². The fourth-order valence-corrected chi connectivity index (χ4v) is 1.52. The van der Waals surface area contributed by atoms with Crippen LogP contribution in [0.15, 0.2) is 23.4 Å². The molecule has 0 saturated carbocycles. The molecule has 1 rings (SSSR count). The zero-order valence-electron chi connectivity index (χ0n) is 6.07. The van der Waals surface area contributed by atoms with Crippen molar-refractivity contribution >= 4 is 26.0 Å². The van der Waals surface area contributed by atoms with Crippen LogP contribution in [0.1, 0.15) is 5.56 Å². The smallest absolute Gasteiger partial charge is 0.239 e. The summed E-state index contributed by atoms with van der Waals surface area (Å²) in [6.45, 7) is 0. The summed E-state index contributed by atoms with van der Waals surface area (Å²) in [5.74, 6) is 0. The highest BCUT2D eigenvalue weighted by Crippen LogP contribution is 2.09. The van der Waals surface area contributed by atoms with Gasteiger partial charge in [0.2, 0.25) is 10.0 Å². The highest BCUT2D eigenvalue weighted by atomic mass is 79.9. The second-order valence-electron chi connectivity index (χ2n) is 2.21. The van der Waals surface area contributed by atoms with Crippen molar-refractivity contribution in [2.75, 3.05) is 0 Å². The van der Waals surface area contributed by atoms with Crippen LogP contribution in [0.4, 0.5) is 0 Å². The summed E-state index contributed by atoms with van der Waals surface area (Å²) in [5.41, 5.74) is 0.779. The maximum atomic E-state index is 10.8. The largest absolute Gasteiger partial charge is 0.263 e. The summed E-state index contributed by atoms with van der Waals surface area (Å²) in [6.07, 6.45) is 2.80. The van der Waals surface area contributed by atoms with E-state index >= 15 is 0 Å². The molecule has 2 N–H and O–H groups in total. The van der Waals surface area contributed by atoms with E-state index in [0.717, 1.165) is 5.56 Å². The molecule has 1 aromatic heterocycles. The molecule has 0 saturated heterocycles. The van der Waals surface area contributed by atoms with Crippen molar-refractivity contribution in [3.05, 3.63) is 24.0 Å². The maximum Gasteiger partial charge on any atom is 0.239 e. The number of hydrogen-bond acceptors (Lipinski definition) is 3. The molecular weight excluding hydrogens is 244 g/mol. The molecule has 4 nitrogen and oxygen atoms in total. The lowest BCUT2D eigenvalue weighted by Crippen LogP contribution is -2.12. The van der Waals surface area contributed by atoms with Gasteiger partial charge in [-0.1, -0.05) is 15.9 Å². The number of aromatic nitrogens is 1. The van der Waals surface area contributed by atoms with Crippen LogP contribution in [-0.4, -0.2) is 13.4 Å². The Labute approximate surface area is 79.0 Å². The van der Waals surface area contributed by atoms with Crippen LogP contribution in [0.5, 0.6) is 0 Å². The van der Waals surface area contributed by atoms with Gasteiger partial charge < -0.3 is 0 Å². The molecule has 0 atom stereocenters. The Morgan fingerprint density at radius 2 is 2.17 bits per heavy atom. The van der Waals surface area contributed by atoms with Crippen molar-refractivity contribution in [2.45, 2.75) is 10.2 Å². The quantitative estimate of drug-likeness (QED) is 0.783. The topological polar surface area (TPSA) is 73.1 Å². The van der Waals surface area contributed by atoms with Gasteiger partial charge in [0.25, 0.3) is 0 Å². The van der Waals surface area contributed by atoms with E-state index in [1.165, 1.54) is 12.3 Å². The summed E-state index contributed by atoms with van der Waals surface area (Å²) in [6, 6.07) is 1.48. The third-order valence-electron chi connectivity index (χ3n) is 1.25. The zero-order valence-corrected chi connectivity index (χ0v) is 8.47. The molecule has 0 amide bonds. The molecule has 0 aliphatic rings. The second-order valence-corrected chi connectivity index (χ2v) is 4.33. The van der Waals surface area contributed by atoms with E-state index in [0.29, 0.717) is 5.33 Å². The summed E-state index contributed by atoms with van der Waals surface area (Å²) in [7, 11) is -3.62. The zero-order chi connectivity index (χ0) is 9.19. The Balaban J connectivity index is 3.20. The first kappa shape index (κ1) is 9.63. The number of alkyl halides is 1. The van der Waals surface area contributed by atoms with Gasteiger partial charge in [0.1, 0.15) is 4.90 Å². The molecule has 0 aliphatic heterocycles. The Morgan fingerprint density at radius 1 is 1.50 bits per heavy atom. The van der Waals surface area contributed by atoms with Gasteiger partial charge in [-0.15, -0.1) is 0 Å². The maximum absolute atomic E-state index is 10.8. The summed E-state index contributed by atoms with van der Waals surface area (Å²) in [4.78, 5) is 3.77. The van der Waals surface area contributed by atoms with Crippen molar-refractivity contribution in [2.24, 2.45) is 5.14 Å². The molecular formula is C6H7BrN2O2S. The standard InChI is InChI=1S/C6H7BrN2O2S/c7-2-5-1-6(4-9-3-5)12(8,10)11/h1,3-4H,2H2,(H2,8,10,11). The van der Waals surface area contributed by atoms with Crippen LogP contribution in [0, 0.1) is 0 Å². The number of sulfonamides is 1. The van der Waals surface area contributed by atoms with Gasteiger partial charge in [0.15, 0.2) is 0 Å². The normalized spacial score (nSPS) is 11.5. The van der Waals surface area contributed by atoms with Crippen molar-refractivity contribution in [3.8, 4) is 0 Å². The highest BCUT2D eigenvalue weighted by Gasteiger charge is 2.07. The van der Waals surface area contributed by atoms with Crippen LogP contribution in [-0.2, 0) is 15.4 Å². The Bertz CT molecular complexity index is 377. The molecule has 0 unspecified atom stereocenters. The van der Waals surface area contributed by atoms with Gasteiger partial charge in [-0.3, -0.25) is 4.98 Å². The van der Waals surface area contributed by atoms with Crippen LogP contribution in [0.3, 0.4) is 0 Å². The predicted molar refractivity (Wildman–Crippen MR) is 48.2 cm³/mol. The molecule has 66 valence electrons. The first-order valence-corrected chi connectivity index (χ1v) is 5.73. The average Bonchev–Trinajstić information content (AvgIpc) is 2.03. The molecule has 1 heterocycles. The first-order chi connectivity index (χ1) is 5.54. The lowest BCUT2D eigenvalue weighted by Gasteiger charge is -1.98. The fourth-order valence-electron chi connectivity index (χ4n) is 0.692. The van der Waals surface area contributed by atoms with Gasteiger partial charge in [0.05, 0.1) is 0 Å². The lowest BCUT2D eigenvalue weighted by atomic mass is 10.3. The van der Waals surface area contributed by atoms with E-state index in [-0.39, 0.29) is 4.90 Å². The van der Waals surface area contributed by atoms with Crippen LogP contribution in [0.2, 0.25) is 0 Å². The molecule has 0 fully saturated rings. The number of nitrogens with zero attached hydrogens (tertiary/aromatic N) is 1. The first-order valence-electron chi connectivity index (χ1n) is 3.07. The van der Waals surface area contributed by atoms with Crippen molar-refractivity contribution in [3.63, 3.8) is 0 Å². The van der Waals surface area contributed by atoms with Crippen LogP contribution in [0.25, 0.3) is 0 Å². The number of nitrogens with two attached hydrogens (primary N) is 1. The van der Waals surface area contributed by atoms with Gasteiger partial charge in [-0.2, -0.15) is 0 Å². The van der Waals surface area contributed by atoms with E-state index in [1.54, 1.807) is 6.20 Å². The number of primary sulfonamides is 1. The minimum Gasteiger partial charge on any atom is -0.263 e. The van der Waals surface area contributed by atoms with E-state index < -0.39 is 10.0 Å². The van der Waals surface area contributed by atoms with Crippen LogP contribution >= 0.6 is 15.9 Å². The third-order valence-corrected chi connectivity index (χ3v) is 2.78. The minimum atomic E-state index is -3.62. The molecule has 1 aromatic rings. The minimum absolute atomic E-state index is 0.0412. The van der Waals surface area contributed by atoms with E-state index in [4.69, 9.17) is 5.14 Å². The van der Waals surface area contributed by atoms with E-state index in [9.17, 15) is 8.42 Å². The molecule has 6 heteroatoms. The number of hydrogen-bond donors (Lipinski definition) is 1. The van der Waals surface area contributed by atoms with E-state index in [1.807, 2.05) is 0 Å². The number of halogens is 1. The van der Waals surface area contributed by atoms with Crippen LogP contribution < -0.4 is 5.14 Å². The Kier molecular flexibility index (Phi) is 2.81. The molecule has 0 aliphatic carbocycles. The predicted octanol–water partition coefficient (Wildman–Crippen LogP) is 0.624. The molecule has 0 aromatic carbocycles. The second kappa shape index (κ2) is 3.51. The fraction of sp³-hybridized carbons (Fsp3) is 0.167. The Morgan fingerprint density at radius 3 is 2.67 bits per heavy atom. The van der Waals surface area contributed by atoms with Crippen molar-refractivity contribution < 1.29 is 8.42 Å².